The second-order valence-electron chi connectivity index (χ2n) is 7.10. The molecule has 1 heterocycles. The molecule has 0 aromatic rings. The van der Waals surface area contributed by atoms with Crippen LogP contribution in [0.3, 0.4) is 0 Å². The van der Waals surface area contributed by atoms with E-state index in [0.717, 1.165) is 64.5 Å². The third-order valence-electron chi connectivity index (χ3n) is 5.33. The van der Waals surface area contributed by atoms with Crippen LogP contribution in [-0.2, 0) is 4.79 Å². The minimum absolute atomic E-state index is 0.313. The van der Waals surface area contributed by atoms with Crippen molar-refractivity contribution >= 4 is 11.9 Å². The number of carbonyl (C=O) groups is 1. The number of piperazine rings is 1. The summed E-state index contributed by atoms with van der Waals surface area (Å²) < 4.78 is 0. The van der Waals surface area contributed by atoms with Gasteiger partial charge < -0.3 is 15.5 Å². The van der Waals surface area contributed by atoms with E-state index >= 15 is 0 Å². The second-order valence-corrected chi connectivity index (χ2v) is 7.10. The molecular formula is C18H35N5O. The Labute approximate surface area is 147 Å². The summed E-state index contributed by atoms with van der Waals surface area (Å²) in [6.07, 6.45) is 5.75. The molecule has 1 aliphatic carbocycles. The van der Waals surface area contributed by atoms with E-state index in [4.69, 9.17) is 0 Å². The lowest BCUT2D eigenvalue weighted by molar-refractivity contribution is -0.137. The number of amides is 1. The molecule has 6 heteroatoms. The van der Waals surface area contributed by atoms with Gasteiger partial charge in [-0.05, 0) is 26.2 Å². The first-order chi connectivity index (χ1) is 11.6. The lowest BCUT2D eigenvalue weighted by Gasteiger charge is -2.36. The highest BCUT2D eigenvalue weighted by Gasteiger charge is 2.29. The second kappa shape index (κ2) is 9.87. The molecule has 0 aromatic heterocycles. The monoisotopic (exact) mass is 337 g/mol. The van der Waals surface area contributed by atoms with E-state index in [9.17, 15) is 4.79 Å². The van der Waals surface area contributed by atoms with Crippen LogP contribution in [0.25, 0.3) is 0 Å². The third kappa shape index (κ3) is 5.65. The molecule has 1 atom stereocenters. The molecule has 1 amide bonds. The fourth-order valence-electron chi connectivity index (χ4n) is 3.49. The summed E-state index contributed by atoms with van der Waals surface area (Å²) in [4.78, 5) is 21.2. The third-order valence-corrected chi connectivity index (χ3v) is 5.33. The Morgan fingerprint density at radius 1 is 1.21 bits per heavy atom. The quantitative estimate of drug-likeness (QED) is 0.566. The van der Waals surface area contributed by atoms with E-state index in [1.54, 1.807) is 0 Å². The summed E-state index contributed by atoms with van der Waals surface area (Å²) in [6.45, 7) is 9.93. The number of guanidine groups is 1. The molecule has 0 radical (unpaired) electrons. The van der Waals surface area contributed by atoms with E-state index < -0.39 is 0 Å². The van der Waals surface area contributed by atoms with Crippen molar-refractivity contribution in [1.82, 2.24) is 20.4 Å². The lowest BCUT2D eigenvalue weighted by atomic mass is 10.1. The van der Waals surface area contributed by atoms with Crippen molar-refractivity contribution in [3.8, 4) is 0 Å². The first-order valence-corrected chi connectivity index (χ1v) is 9.62. The van der Waals surface area contributed by atoms with Gasteiger partial charge in [-0.3, -0.25) is 14.7 Å². The van der Waals surface area contributed by atoms with Crippen molar-refractivity contribution in [2.75, 3.05) is 46.3 Å². The van der Waals surface area contributed by atoms with Gasteiger partial charge in [0.1, 0.15) is 0 Å². The number of rotatable bonds is 6. The molecule has 0 bridgehead atoms. The molecule has 0 spiro atoms. The summed E-state index contributed by atoms with van der Waals surface area (Å²) in [5.41, 5.74) is 0. The fraction of sp³-hybridized carbons (Fsp3) is 0.889. The molecule has 2 fully saturated rings. The van der Waals surface area contributed by atoms with Crippen LogP contribution in [0.2, 0.25) is 0 Å². The topological polar surface area (TPSA) is 60.0 Å². The smallest absolute Gasteiger partial charge is 0.225 e. The number of nitrogens with one attached hydrogen (secondary N) is 2. The van der Waals surface area contributed by atoms with E-state index in [0.29, 0.717) is 17.9 Å². The van der Waals surface area contributed by atoms with E-state index in [1.165, 1.54) is 12.8 Å². The molecule has 1 aliphatic heterocycles. The van der Waals surface area contributed by atoms with E-state index in [-0.39, 0.29) is 0 Å². The predicted octanol–water partition coefficient (Wildman–Crippen LogP) is 1.28. The highest BCUT2D eigenvalue weighted by atomic mass is 16.2. The number of nitrogens with zero attached hydrogens (tertiary/aromatic N) is 3. The molecule has 2 N–H and O–H groups in total. The summed E-state index contributed by atoms with van der Waals surface area (Å²) in [7, 11) is 1.81. The summed E-state index contributed by atoms with van der Waals surface area (Å²) in [5.74, 6) is 1.59. The van der Waals surface area contributed by atoms with Gasteiger partial charge in [0.15, 0.2) is 5.96 Å². The molecule has 2 rings (SSSR count). The maximum atomic E-state index is 12.5. The maximum absolute atomic E-state index is 12.5. The zero-order valence-corrected chi connectivity index (χ0v) is 15.7. The number of aliphatic imine (C=N–C) groups is 1. The van der Waals surface area contributed by atoms with Gasteiger partial charge in [-0.15, -0.1) is 0 Å². The highest BCUT2D eigenvalue weighted by Crippen LogP contribution is 2.26. The zero-order chi connectivity index (χ0) is 17.4. The Kier molecular flexibility index (Phi) is 7.82. The average molecular weight is 338 g/mol. The fourth-order valence-corrected chi connectivity index (χ4v) is 3.49. The van der Waals surface area contributed by atoms with Gasteiger partial charge in [-0.25, -0.2) is 0 Å². The van der Waals surface area contributed by atoms with Crippen molar-refractivity contribution in [2.24, 2.45) is 10.9 Å². The summed E-state index contributed by atoms with van der Waals surface area (Å²) in [5, 5.41) is 6.75. The van der Waals surface area contributed by atoms with Crippen LogP contribution in [0.1, 0.15) is 46.0 Å². The summed E-state index contributed by atoms with van der Waals surface area (Å²) >= 11 is 0. The molecular weight excluding hydrogens is 302 g/mol. The molecule has 1 unspecified atom stereocenters. The zero-order valence-electron chi connectivity index (χ0n) is 15.7. The Hall–Kier alpha value is -1.30. The Morgan fingerprint density at radius 2 is 1.88 bits per heavy atom. The van der Waals surface area contributed by atoms with Crippen LogP contribution < -0.4 is 10.6 Å². The number of hydrogen-bond donors (Lipinski definition) is 2. The van der Waals surface area contributed by atoms with Crippen molar-refractivity contribution in [3.05, 3.63) is 0 Å². The van der Waals surface area contributed by atoms with Crippen LogP contribution in [0.15, 0.2) is 4.99 Å². The lowest BCUT2D eigenvalue weighted by Crippen LogP contribution is -2.52. The first kappa shape index (κ1) is 19.0. The Morgan fingerprint density at radius 3 is 2.46 bits per heavy atom. The molecule has 6 nitrogen and oxygen atoms in total. The average Bonchev–Trinajstić information content (AvgIpc) is 3.15. The number of carbonyl (C=O) groups excluding carboxylic acids is 1. The minimum atomic E-state index is 0.313. The largest absolute Gasteiger partial charge is 0.355 e. The molecule has 2 aliphatic rings. The van der Waals surface area contributed by atoms with Crippen molar-refractivity contribution in [1.29, 1.82) is 0 Å². The van der Waals surface area contributed by atoms with Gasteiger partial charge in [0, 0.05) is 58.3 Å². The van der Waals surface area contributed by atoms with Crippen LogP contribution in [0.5, 0.6) is 0 Å². The van der Waals surface area contributed by atoms with Gasteiger partial charge in [0.25, 0.3) is 0 Å². The van der Waals surface area contributed by atoms with Crippen LogP contribution >= 0.6 is 0 Å². The van der Waals surface area contributed by atoms with Crippen LogP contribution in [0, 0.1) is 5.92 Å². The normalized spacial score (nSPS) is 21.8. The summed E-state index contributed by atoms with van der Waals surface area (Å²) in [6, 6.07) is 0.432. The van der Waals surface area contributed by atoms with Gasteiger partial charge in [-0.1, -0.05) is 19.8 Å². The molecule has 1 saturated carbocycles. The molecule has 0 aromatic carbocycles. The first-order valence-electron chi connectivity index (χ1n) is 9.62. The standard InChI is InChI=1S/C18H35N5O/c1-4-15(2)21-18(19-3)20-9-10-22-11-13-23(14-12-22)17(24)16-7-5-6-8-16/h15-16H,4-14H2,1-3H3,(H2,19,20,21). The molecule has 24 heavy (non-hydrogen) atoms. The van der Waals surface area contributed by atoms with E-state index in [2.05, 4.69) is 39.3 Å². The van der Waals surface area contributed by atoms with Crippen molar-refractivity contribution in [2.45, 2.75) is 52.0 Å². The molecule has 1 saturated heterocycles. The van der Waals surface area contributed by atoms with Gasteiger partial charge in [-0.2, -0.15) is 0 Å². The van der Waals surface area contributed by atoms with E-state index in [1.807, 2.05) is 7.05 Å². The van der Waals surface area contributed by atoms with Gasteiger partial charge in [0.2, 0.25) is 5.91 Å². The van der Waals surface area contributed by atoms with Gasteiger partial charge in [0.05, 0.1) is 0 Å². The highest BCUT2D eigenvalue weighted by molar-refractivity contribution is 5.80. The Bertz CT molecular complexity index is 412. The molecule has 138 valence electrons. The Balaban J connectivity index is 1.63. The van der Waals surface area contributed by atoms with Crippen molar-refractivity contribution < 1.29 is 4.79 Å². The minimum Gasteiger partial charge on any atom is -0.355 e. The maximum Gasteiger partial charge on any atom is 0.225 e. The SMILES string of the molecule is CCC(C)NC(=NC)NCCN1CCN(C(=O)C2CCCC2)CC1. The van der Waals surface area contributed by atoms with Gasteiger partial charge >= 0.3 is 0 Å². The van der Waals surface area contributed by atoms with Crippen LogP contribution in [0.4, 0.5) is 0 Å². The number of hydrogen-bond acceptors (Lipinski definition) is 3. The predicted molar refractivity (Wildman–Crippen MR) is 99.2 cm³/mol. The van der Waals surface area contributed by atoms with Crippen molar-refractivity contribution in [3.63, 3.8) is 0 Å². The van der Waals surface area contributed by atoms with Crippen LogP contribution in [-0.4, -0.2) is 74.0 Å².